The van der Waals surface area contributed by atoms with Crippen LogP contribution in [0, 0.1) is 161 Å². The molecule has 0 amide bonds. The van der Waals surface area contributed by atoms with E-state index >= 15 is 0 Å². The molecular weight excluding hydrogens is 1690 g/mol. The fourth-order valence-electron chi connectivity index (χ4n) is 36.7. The van der Waals surface area contributed by atoms with Crippen molar-refractivity contribution in [1.82, 2.24) is 0 Å². The monoisotopic (exact) mass is 1910 g/mol. The number of aryl methyl sites for hydroxylation is 3. The van der Waals surface area contributed by atoms with Crippen molar-refractivity contribution in [3.05, 3.63) is 64.2 Å². The second kappa shape index (κ2) is 44.0. The average Bonchev–Trinajstić information content (AvgIpc) is 1.64. The third-order valence-corrected chi connectivity index (χ3v) is 44.9. The van der Waals surface area contributed by atoms with E-state index in [1.165, 1.54) is 293 Å². The van der Waals surface area contributed by atoms with Gasteiger partial charge in [0.2, 0.25) is 5.92 Å². The van der Waals surface area contributed by atoms with Crippen LogP contribution in [-0.4, -0.2) is 34.0 Å². The minimum absolute atomic E-state index is 0.00258. The number of benzene rings is 2. The summed E-state index contributed by atoms with van der Waals surface area (Å²) in [4.78, 5) is 0.428. The number of unbranched alkanes of at least 4 members (excludes halogenated alkanes) is 2. The highest BCUT2D eigenvalue weighted by Gasteiger charge is 2.65. The van der Waals surface area contributed by atoms with Crippen molar-refractivity contribution >= 4 is 23.2 Å². The summed E-state index contributed by atoms with van der Waals surface area (Å²) in [5, 5.41) is 0. The molecule has 2 aromatic rings. The second-order valence-electron chi connectivity index (χ2n) is 59.3. The van der Waals surface area contributed by atoms with Crippen molar-refractivity contribution in [3.63, 3.8) is 0 Å². The van der Waals surface area contributed by atoms with Gasteiger partial charge in [-0.15, -0.1) is 23.2 Å². The van der Waals surface area contributed by atoms with Gasteiger partial charge in [-0.05, 0) is 503 Å². The zero-order chi connectivity index (χ0) is 98.4. The van der Waals surface area contributed by atoms with E-state index < -0.39 is 5.92 Å². The number of rotatable bonds is 14. The minimum atomic E-state index is -2.36. The van der Waals surface area contributed by atoms with Crippen LogP contribution >= 0.6 is 23.2 Å². The lowest BCUT2D eigenvalue weighted by molar-refractivity contribution is -0.219. The quantitative estimate of drug-likeness (QED) is 0.139. The lowest BCUT2D eigenvalue weighted by atomic mass is 9.38. The van der Waals surface area contributed by atoms with E-state index in [9.17, 15) is 8.78 Å². The molecule has 11 unspecified atom stereocenters. The first-order valence-electron chi connectivity index (χ1n) is 59.3. The van der Waals surface area contributed by atoms with Crippen LogP contribution in [-0.2, 0) is 24.0 Å². The standard InChI is InChI=1S/C17H32.C15H26O.C15H26.C14H20O.2C13H21Cl.C13H18.C11H20.C9H16F2.C9H18/c1-5-6-7-8-16-9-12-17(13-10-16,14-11-16)15(2,3)4;1-11(2)14-6-12-5-13(3,8-14)9-15(7-12,10-14)16-4;1-11(2)15-7-12-5-13(3,9-15)8-14(4,6-12)10-15;1-10(2)12-6-5-11-7-8-14(3,4)15-13(11)9-12;1-9(2)12-4-10-3-11(5-12)7-13(14,6-10)8-12;1-8(2)12-11-4-9-3-10(5-11)7-13(12,14)6-9;1-10(2)12-8-7-11-5-3-4-6-13(11)9-12;1-9(2)10-3-5-11(6-4-10)7-8-11;1-7(2)8-3-5-9(10,11)6-4-8;1-8(2)9-6-4-3-5-7-9/h5-14H2,1-4H3;11-12H,5-10H2,1-4H3;11-12H,5-10H2,1-4H3;5-6,9-10H,7-8H2,1-4H3;9-11H,3-8H2,1-2H3;8-12H,3-7H2,1-2H3;7-10H,3-6H2,1-2H3;9-10H,3-8H2,1-2H3;7-8H,3-6H2,1-2H3;8-9H,3-7H2,1-2H3. The lowest BCUT2D eigenvalue weighted by Gasteiger charge is -2.67. The van der Waals surface area contributed by atoms with E-state index in [4.69, 9.17) is 32.7 Å². The zero-order valence-electron chi connectivity index (χ0n) is 94.0. The van der Waals surface area contributed by atoms with Crippen molar-refractivity contribution in [3.8, 4) is 5.75 Å². The number of alkyl halides is 4. The number of methoxy groups -OCH3 is 1. The molecule has 11 atom stereocenters. The Morgan fingerprint density at radius 3 is 1.30 bits per heavy atom. The molecule has 1 aliphatic heterocycles. The van der Waals surface area contributed by atoms with E-state index in [1.54, 1.807) is 43.2 Å². The van der Waals surface area contributed by atoms with Crippen LogP contribution in [0.1, 0.15) is 554 Å². The van der Waals surface area contributed by atoms with Gasteiger partial charge in [-0.1, -0.05) is 255 Å². The summed E-state index contributed by atoms with van der Waals surface area (Å²) in [6, 6.07) is 13.7. The smallest absolute Gasteiger partial charge is 0.248 e. The summed E-state index contributed by atoms with van der Waals surface area (Å²) >= 11 is 13.7. The number of fused-ring (bicyclic) bond motifs is 5. The maximum Gasteiger partial charge on any atom is 0.248 e. The molecule has 135 heavy (non-hydrogen) atoms. The number of hydrogen-bond donors (Lipinski definition) is 0. The summed E-state index contributed by atoms with van der Waals surface area (Å²) in [6.45, 7) is 63.8. The molecule has 6 heteroatoms. The first-order chi connectivity index (χ1) is 63.1. The van der Waals surface area contributed by atoms with Crippen LogP contribution in [0.25, 0.3) is 0 Å². The van der Waals surface area contributed by atoms with Crippen molar-refractivity contribution in [2.75, 3.05) is 7.11 Å². The van der Waals surface area contributed by atoms with Crippen molar-refractivity contribution in [2.24, 2.45) is 161 Å². The molecular formula is C129H218Cl2F2O2. The Labute approximate surface area is 845 Å². The molecule has 0 N–H and O–H groups in total. The second-order valence-corrected chi connectivity index (χ2v) is 60.9. The largest absolute Gasteiger partial charge is 0.488 e. The minimum Gasteiger partial charge on any atom is -0.488 e. The first-order valence-corrected chi connectivity index (χ1v) is 60.1. The molecule has 18 bridgehead atoms. The Hall–Kier alpha value is -1.36. The van der Waals surface area contributed by atoms with E-state index in [0.717, 1.165) is 130 Å². The van der Waals surface area contributed by atoms with Crippen LogP contribution in [0.5, 0.6) is 5.75 Å². The summed E-state index contributed by atoms with van der Waals surface area (Å²) in [5.41, 5.74) is 14.5. The van der Waals surface area contributed by atoms with Crippen molar-refractivity contribution < 1.29 is 18.3 Å². The van der Waals surface area contributed by atoms with Crippen molar-refractivity contribution in [1.29, 1.82) is 0 Å². The van der Waals surface area contributed by atoms with E-state index in [1.807, 2.05) is 7.11 Å². The topological polar surface area (TPSA) is 18.5 Å². The van der Waals surface area contributed by atoms with Gasteiger partial charge in [0.1, 0.15) is 11.4 Å². The predicted molar refractivity (Wildman–Crippen MR) is 581 cm³/mol. The van der Waals surface area contributed by atoms with Gasteiger partial charge in [-0.3, -0.25) is 0 Å². The lowest BCUT2D eigenvalue weighted by Crippen LogP contribution is -2.61. The molecule has 24 aliphatic carbocycles. The van der Waals surface area contributed by atoms with Gasteiger partial charge in [0.15, 0.2) is 0 Å². The first kappa shape index (κ1) is 111. The number of halogens is 4. The van der Waals surface area contributed by atoms with Crippen LogP contribution in [0.4, 0.5) is 8.78 Å². The van der Waals surface area contributed by atoms with Gasteiger partial charge in [0, 0.05) is 29.7 Å². The fourth-order valence-corrected chi connectivity index (χ4v) is 38.3. The van der Waals surface area contributed by atoms with Crippen LogP contribution < -0.4 is 4.74 Å². The molecule has 2 aromatic carbocycles. The van der Waals surface area contributed by atoms with Gasteiger partial charge in [-0.25, -0.2) is 8.78 Å². The van der Waals surface area contributed by atoms with Crippen molar-refractivity contribution in [2.45, 2.75) is 572 Å². The Kier molecular flexibility index (Phi) is 36.1. The molecule has 25 aliphatic rings. The maximum atomic E-state index is 12.6. The number of hydrogen-bond acceptors (Lipinski definition) is 2. The van der Waals surface area contributed by atoms with Crippen LogP contribution in [0.15, 0.2) is 36.4 Å². The molecule has 0 aromatic heterocycles. The Balaban J connectivity index is 0.000000128. The summed E-state index contributed by atoms with van der Waals surface area (Å²) in [6.07, 6.45) is 74.1. The Bertz CT molecular complexity index is 3920. The molecule has 2 nitrogen and oxygen atoms in total. The van der Waals surface area contributed by atoms with Gasteiger partial charge in [0.25, 0.3) is 0 Å². The highest BCUT2D eigenvalue weighted by Crippen LogP contribution is 2.74. The highest BCUT2D eigenvalue weighted by atomic mass is 35.5. The van der Waals surface area contributed by atoms with E-state index in [-0.39, 0.29) is 33.8 Å². The molecule has 1 spiro atoms. The Morgan fingerprint density at radius 2 is 0.867 bits per heavy atom. The Morgan fingerprint density at radius 1 is 0.407 bits per heavy atom. The summed E-state index contributed by atoms with van der Waals surface area (Å²) in [7, 11) is 1.95. The predicted octanol–water partition coefficient (Wildman–Crippen LogP) is 40.8. The average molecular weight is 1910 g/mol. The van der Waals surface area contributed by atoms with Gasteiger partial charge in [-0.2, -0.15) is 0 Å². The maximum absolute atomic E-state index is 12.6. The number of ether oxygens (including phenoxy) is 2. The molecule has 0 saturated heterocycles. The molecule has 774 valence electrons. The van der Waals surface area contributed by atoms with E-state index in [2.05, 4.69) is 223 Å². The normalized spacial score (nSPS) is 39.3. The van der Waals surface area contributed by atoms with Gasteiger partial charge >= 0.3 is 0 Å². The highest BCUT2D eigenvalue weighted by molar-refractivity contribution is 6.24. The van der Waals surface area contributed by atoms with Gasteiger partial charge in [0.05, 0.1) is 5.60 Å². The third kappa shape index (κ3) is 27.2. The van der Waals surface area contributed by atoms with Crippen LogP contribution in [0.2, 0.25) is 0 Å². The zero-order valence-corrected chi connectivity index (χ0v) is 95.5. The fraction of sp³-hybridized carbons (Fsp3) is 0.907. The SMILES string of the molecule is CC(C)C12CC3CC(C)(CC(C)(C3)C1)C2.CC(C)C12CC3CC(CC(Cl)(C3)C1)C2.CC(C)C1C2CC3CC(C2)CC1(Cl)C3.CC(C)C1CCC(F)(F)CC1.CC(C)C1CCC2(CC1)CC2.CC(C)C1CCCCC1.CC(C)c1ccc2c(c1)CCCC2.CC(C)c1ccc2c(c1)OC(C)(C)CC2.CCCCCC12CCC(C(C)(C)C)(CC1)CC2.COC12CC3CC(C)(C1)CC(C(C)C)(C3)C2. The third-order valence-electron chi connectivity index (χ3n) is 43.9. The van der Waals surface area contributed by atoms with Gasteiger partial charge < -0.3 is 9.47 Å². The molecule has 1 heterocycles. The molecule has 23 fully saturated rings. The summed E-state index contributed by atoms with van der Waals surface area (Å²) < 4.78 is 37.3. The summed E-state index contributed by atoms with van der Waals surface area (Å²) in [5.74, 6) is 16.1. The molecule has 27 rings (SSSR count). The molecule has 0 radical (unpaired) electrons. The molecule has 23 saturated carbocycles. The van der Waals surface area contributed by atoms with Crippen LogP contribution in [0.3, 0.4) is 0 Å². The van der Waals surface area contributed by atoms with E-state index in [0.29, 0.717) is 74.4 Å².